The van der Waals surface area contributed by atoms with Crippen molar-refractivity contribution in [3.05, 3.63) is 65.9 Å². The van der Waals surface area contributed by atoms with Crippen LogP contribution in [0.15, 0.2) is 48.7 Å². The molecule has 1 unspecified atom stereocenters. The fourth-order valence-corrected chi connectivity index (χ4v) is 5.46. The van der Waals surface area contributed by atoms with Crippen molar-refractivity contribution in [2.24, 2.45) is 5.73 Å². The quantitative estimate of drug-likeness (QED) is 0.436. The summed E-state index contributed by atoms with van der Waals surface area (Å²) in [4.78, 5) is 13.8. The first-order valence-corrected chi connectivity index (χ1v) is 12.7. The van der Waals surface area contributed by atoms with Gasteiger partial charge in [0.05, 0.1) is 16.9 Å². The third-order valence-corrected chi connectivity index (χ3v) is 7.31. The van der Waals surface area contributed by atoms with Crippen LogP contribution >= 0.6 is 0 Å². The monoisotopic (exact) mass is 499 g/mol. The lowest BCUT2D eigenvalue weighted by Gasteiger charge is -2.32. The molecule has 0 spiro atoms. The van der Waals surface area contributed by atoms with Crippen LogP contribution in [0.25, 0.3) is 28.2 Å². The van der Waals surface area contributed by atoms with Crippen molar-refractivity contribution >= 4 is 22.5 Å². The van der Waals surface area contributed by atoms with E-state index < -0.39 is 11.6 Å². The predicted octanol–water partition coefficient (Wildman–Crippen LogP) is 4.77. The summed E-state index contributed by atoms with van der Waals surface area (Å²) in [6.45, 7) is 3.34. The molecule has 0 saturated carbocycles. The molecule has 4 heterocycles. The minimum atomic E-state index is -0.654. The van der Waals surface area contributed by atoms with Gasteiger partial charge in [-0.3, -0.25) is 4.57 Å². The molecule has 2 aromatic carbocycles. The number of nitriles is 1. The molecule has 2 fully saturated rings. The van der Waals surface area contributed by atoms with Crippen LogP contribution in [-0.2, 0) is 0 Å². The van der Waals surface area contributed by atoms with E-state index in [-0.39, 0.29) is 17.3 Å². The standard InChI is InChI=1S/C28H27F2N7/c29-22-14-18(5-6-19(22)16-31)27-34-26-25(36-13-3-4-20(32)17-36)9-10-33-28(26)37(27)24-8-7-21(15-23(24)30)35-11-1-2-12-35/h5-10,14-15,20H,1-4,11-13,17,32H2. The van der Waals surface area contributed by atoms with Crippen LogP contribution in [-0.4, -0.2) is 46.8 Å². The second-order valence-electron chi connectivity index (χ2n) is 9.76. The number of hydrogen-bond donors (Lipinski definition) is 1. The molecular weight excluding hydrogens is 472 g/mol. The largest absolute Gasteiger partial charge is 0.371 e. The molecule has 37 heavy (non-hydrogen) atoms. The lowest BCUT2D eigenvalue weighted by atomic mass is 10.1. The minimum Gasteiger partial charge on any atom is -0.371 e. The van der Waals surface area contributed by atoms with Crippen molar-refractivity contribution < 1.29 is 8.78 Å². The Morgan fingerprint density at radius 2 is 1.73 bits per heavy atom. The number of benzene rings is 2. The topological polar surface area (TPSA) is 87.0 Å². The average Bonchev–Trinajstić information content (AvgIpc) is 3.57. The maximum atomic E-state index is 15.7. The van der Waals surface area contributed by atoms with Crippen molar-refractivity contribution in [2.75, 3.05) is 36.0 Å². The fraction of sp³-hybridized carbons (Fsp3) is 0.321. The molecule has 0 radical (unpaired) electrons. The summed E-state index contributed by atoms with van der Waals surface area (Å²) in [5.74, 6) is -0.711. The Morgan fingerprint density at radius 1 is 0.919 bits per heavy atom. The van der Waals surface area contributed by atoms with Crippen molar-refractivity contribution in [2.45, 2.75) is 31.7 Å². The Balaban J connectivity index is 1.55. The molecule has 7 nitrogen and oxygen atoms in total. The van der Waals surface area contributed by atoms with Crippen molar-refractivity contribution in [3.8, 4) is 23.1 Å². The summed E-state index contributed by atoms with van der Waals surface area (Å²) in [5, 5.41) is 9.19. The molecule has 2 aliphatic rings. The number of rotatable bonds is 4. The minimum absolute atomic E-state index is 0.0571. The van der Waals surface area contributed by atoms with Crippen LogP contribution in [0.1, 0.15) is 31.2 Å². The van der Waals surface area contributed by atoms with Gasteiger partial charge < -0.3 is 15.5 Å². The Labute approximate surface area is 213 Å². The lowest BCUT2D eigenvalue weighted by Crippen LogP contribution is -2.42. The normalized spacial score (nSPS) is 17.9. The fourth-order valence-electron chi connectivity index (χ4n) is 5.46. The second-order valence-corrected chi connectivity index (χ2v) is 9.76. The SMILES string of the molecule is N#Cc1ccc(-c2nc3c(N4CCCC(N)C4)ccnc3n2-c2ccc(N3CCCC3)cc2F)cc1F. The van der Waals surface area contributed by atoms with E-state index in [2.05, 4.69) is 14.8 Å². The van der Waals surface area contributed by atoms with E-state index in [1.807, 2.05) is 18.2 Å². The summed E-state index contributed by atoms with van der Waals surface area (Å²) in [7, 11) is 0. The van der Waals surface area contributed by atoms with E-state index >= 15 is 4.39 Å². The number of halogens is 2. The molecule has 0 bridgehead atoms. The first kappa shape index (κ1) is 23.4. The third-order valence-electron chi connectivity index (χ3n) is 7.31. The number of hydrogen-bond acceptors (Lipinski definition) is 6. The van der Waals surface area contributed by atoms with Crippen LogP contribution in [0.2, 0.25) is 0 Å². The molecular formula is C28H27F2N7. The molecule has 2 aliphatic heterocycles. The van der Waals surface area contributed by atoms with Gasteiger partial charge >= 0.3 is 0 Å². The smallest absolute Gasteiger partial charge is 0.167 e. The lowest BCUT2D eigenvalue weighted by molar-refractivity contribution is 0.507. The third kappa shape index (κ3) is 4.17. The van der Waals surface area contributed by atoms with E-state index in [0.29, 0.717) is 29.1 Å². The zero-order valence-electron chi connectivity index (χ0n) is 20.4. The molecule has 1 atom stereocenters. The van der Waals surface area contributed by atoms with Crippen molar-refractivity contribution in [3.63, 3.8) is 0 Å². The summed E-state index contributed by atoms with van der Waals surface area (Å²) >= 11 is 0. The van der Waals surface area contributed by atoms with Gasteiger partial charge in [0.25, 0.3) is 0 Å². The number of anilines is 2. The number of pyridine rings is 1. The van der Waals surface area contributed by atoms with E-state index in [0.717, 1.165) is 56.7 Å². The van der Waals surface area contributed by atoms with Crippen LogP contribution in [0.5, 0.6) is 0 Å². The number of fused-ring (bicyclic) bond motifs is 1. The maximum absolute atomic E-state index is 15.7. The van der Waals surface area contributed by atoms with Crippen LogP contribution < -0.4 is 15.5 Å². The second kappa shape index (κ2) is 9.45. The van der Waals surface area contributed by atoms with Crippen molar-refractivity contribution in [1.29, 1.82) is 5.26 Å². The van der Waals surface area contributed by atoms with E-state index in [9.17, 15) is 9.65 Å². The number of nitrogens with zero attached hydrogens (tertiary/aromatic N) is 6. The number of imidazole rings is 1. The Bertz CT molecular complexity index is 1520. The molecule has 2 aromatic heterocycles. The molecule has 6 rings (SSSR count). The zero-order chi connectivity index (χ0) is 25.5. The van der Waals surface area contributed by atoms with Gasteiger partial charge in [-0.2, -0.15) is 5.26 Å². The molecule has 2 saturated heterocycles. The maximum Gasteiger partial charge on any atom is 0.167 e. The van der Waals surface area contributed by atoms with Crippen LogP contribution in [0.3, 0.4) is 0 Å². The van der Waals surface area contributed by atoms with Crippen molar-refractivity contribution in [1.82, 2.24) is 14.5 Å². The zero-order valence-corrected chi connectivity index (χ0v) is 20.4. The van der Waals surface area contributed by atoms with Gasteiger partial charge in [0.15, 0.2) is 5.65 Å². The number of nitrogens with two attached hydrogens (primary N) is 1. The molecule has 0 aliphatic carbocycles. The molecule has 188 valence electrons. The summed E-state index contributed by atoms with van der Waals surface area (Å²) in [5.41, 5.74) is 9.67. The van der Waals surface area contributed by atoms with Gasteiger partial charge in [-0.15, -0.1) is 0 Å². The van der Waals surface area contributed by atoms with Gasteiger partial charge in [-0.1, -0.05) is 0 Å². The summed E-state index contributed by atoms with van der Waals surface area (Å²) < 4.78 is 32.1. The van der Waals surface area contributed by atoms with Crippen LogP contribution in [0.4, 0.5) is 20.2 Å². The predicted molar refractivity (Wildman–Crippen MR) is 140 cm³/mol. The highest BCUT2D eigenvalue weighted by Crippen LogP contribution is 2.35. The van der Waals surface area contributed by atoms with E-state index in [1.54, 1.807) is 29.0 Å². The molecule has 0 amide bonds. The number of piperidine rings is 1. The molecule has 2 N–H and O–H groups in total. The van der Waals surface area contributed by atoms with E-state index in [1.165, 1.54) is 12.1 Å². The van der Waals surface area contributed by atoms with E-state index in [4.69, 9.17) is 10.7 Å². The summed E-state index contributed by atoms with van der Waals surface area (Å²) in [6, 6.07) is 13.3. The molecule has 4 aromatic rings. The highest BCUT2D eigenvalue weighted by atomic mass is 19.1. The number of aromatic nitrogens is 3. The highest BCUT2D eigenvalue weighted by molar-refractivity contribution is 5.90. The van der Waals surface area contributed by atoms with Gasteiger partial charge in [0.2, 0.25) is 0 Å². The first-order valence-electron chi connectivity index (χ1n) is 12.7. The van der Waals surface area contributed by atoms with Gasteiger partial charge in [0, 0.05) is 49.7 Å². The average molecular weight is 500 g/mol. The summed E-state index contributed by atoms with van der Waals surface area (Å²) in [6.07, 6.45) is 5.80. The Kier molecular flexibility index (Phi) is 5.97. The van der Waals surface area contributed by atoms with Gasteiger partial charge in [-0.25, -0.2) is 18.7 Å². The Morgan fingerprint density at radius 3 is 2.46 bits per heavy atom. The Hall–Kier alpha value is -4.03. The first-order chi connectivity index (χ1) is 18.0. The van der Waals surface area contributed by atoms with Gasteiger partial charge in [0.1, 0.15) is 29.0 Å². The van der Waals surface area contributed by atoms with Crippen LogP contribution in [0, 0.1) is 23.0 Å². The highest BCUT2D eigenvalue weighted by Gasteiger charge is 2.25. The van der Waals surface area contributed by atoms with Gasteiger partial charge in [-0.05, 0) is 68.1 Å². The molecule has 9 heteroatoms.